The molecule has 170 valence electrons. The summed E-state index contributed by atoms with van der Waals surface area (Å²) in [6.07, 6.45) is -0.929. The minimum atomic E-state index is -4.47. The van der Waals surface area contributed by atoms with E-state index in [9.17, 15) is 22.4 Å². The third-order valence-electron chi connectivity index (χ3n) is 5.59. The van der Waals surface area contributed by atoms with Gasteiger partial charge in [-0.1, -0.05) is 18.2 Å². The normalized spacial score (nSPS) is 22.8. The molecule has 1 fully saturated rings. The van der Waals surface area contributed by atoms with Crippen molar-refractivity contribution in [1.29, 1.82) is 0 Å². The summed E-state index contributed by atoms with van der Waals surface area (Å²) < 4.78 is 56.1. The number of amides is 1. The van der Waals surface area contributed by atoms with Crippen molar-refractivity contribution in [3.63, 3.8) is 0 Å². The Kier molecular flexibility index (Phi) is 6.02. The number of hydrogen-bond donors (Lipinski definition) is 2. The molecule has 2 aliphatic rings. The number of alkyl halides is 3. The van der Waals surface area contributed by atoms with Crippen molar-refractivity contribution in [3.8, 4) is 5.75 Å². The Bertz CT molecular complexity index is 1050. The smallest absolute Gasteiger partial charge is 0.422 e. The van der Waals surface area contributed by atoms with Gasteiger partial charge in [0.15, 0.2) is 11.8 Å². The molecule has 4 rings (SSSR count). The lowest BCUT2D eigenvalue weighted by atomic mass is 9.81. The highest BCUT2D eigenvalue weighted by molar-refractivity contribution is 8.13. The number of nitrogens with zero attached hydrogens (tertiary/aromatic N) is 2. The molecule has 6 nitrogen and oxygen atoms in total. The van der Waals surface area contributed by atoms with Gasteiger partial charge in [-0.3, -0.25) is 9.79 Å². The minimum Gasteiger partial charge on any atom is -0.483 e. The molecule has 3 N–H and O–H groups in total. The van der Waals surface area contributed by atoms with Crippen molar-refractivity contribution >= 4 is 28.5 Å². The molecule has 2 aromatic rings. The van der Waals surface area contributed by atoms with Gasteiger partial charge in [-0.2, -0.15) is 13.2 Å². The number of hydrogen-bond acceptors (Lipinski definition) is 6. The number of rotatable bonds is 5. The maximum absolute atomic E-state index is 14.8. The lowest BCUT2D eigenvalue weighted by Gasteiger charge is -2.36. The van der Waals surface area contributed by atoms with Gasteiger partial charge in [0.1, 0.15) is 17.3 Å². The number of fused-ring (bicyclic) bond motifs is 1. The lowest BCUT2D eigenvalue weighted by Crippen LogP contribution is -2.37. The number of amidine groups is 1. The van der Waals surface area contributed by atoms with Gasteiger partial charge in [-0.15, -0.1) is 0 Å². The van der Waals surface area contributed by atoms with E-state index >= 15 is 0 Å². The zero-order chi connectivity index (χ0) is 22.9. The van der Waals surface area contributed by atoms with Gasteiger partial charge in [0.05, 0.1) is 11.7 Å². The number of halogens is 4. The molecule has 0 spiro atoms. The minimum absolute atomic E-state index is 0.0246. The van der Waals surface area contributed by atoms with Crippen molar-refractivity contribution in [3.05, 3.63) is 53.6 Å². The van der Waals surface area contributed by atoms with Crippen LogP contribution < -0.4 is 15.8 Å². The SMILES string of the molecule is NC1=N[C@@]2(c3cc(NC(=O)c4ccc(OCC(F)(F)F)cn4)ccc3F)CCC[C@H]2CS1. The first kappa shape index (κ1) is 22.4. The first-order chi connectivity index (χ1) is 15.2. The number of carbonyl (C=O) groups excluding carboxylic acids is 1. The van der Waals surface area contributed by atoms with E-state index in [1.54, 1.807) is 6.07 Å². The monoisotopic (exact) mass is 468 g/mol. The van der Waals surface area contributed by atoms with Gasteiger partial charge in [-0.05, 0) is 49.1 Å². The number of nitrogens with two attached hydrogens (primary N) is 1. The Morgan fingerprint density at radius 2 is 2.12 bits per heavy atom. The number of anilines is 1. The zero-order valence-corrected chi connectivity index (χ0v) is 17.6. The van der Waals surface area contributed by atoms with Crippen LogP contribution in [0.5, 0.6) is 5.75 Å². The van der Waals surface area contributed by atoms with E-state index in [2.05, 4.69) is 20.0 Å². The molecule has 0 radical (unpaired) electrons. The molecule has 32 heavy (non-hydrogen) atoms. The van der Waals surface area contributed by atoms with E-state index in [1.165, 1.54) is 36.0 Å². The van der Waals surface area contributed by atoms with E-state index in [-0.39, 0.29) is 17.4 Å². The summed E-state index contributed by atoms with van der Waals surface area (Å²) in [7, 11) is 0. The van der Waals surface area contributed by atoms with Gasteiger partial charge in [0.25, 0.3) is 5.91 Å². The largest absolute Gasteiger partial charge is 0.483 e. The van der Waals surface area contributed by atoms with E-state index in [4.69, 9.17) is 5.73 Å². The number of aliphatic imine (C=N–C) groups is 1. The second-order valence-corrected chi connectivity index (χ2v) is 8.75. The highest BCUT2D eigenvalue weighted by atomic mass is 32.2. The van der Waals surface area contributed by atoms with Crippen LogP contribution >= 0.6 is 11.8 Å². The quantitative estimate of drug-likeness (QED) is 0.632. The maximum Gasteiger partial charge on any atom is 0.422 e. The van der Waals surface area contributed by atoms with Gasteiger partial charge in [0.2, 0.25) is 0 Å². The molecule has 1 aromatic carbocycles. The average molecular weight is 468 g/mol. The molecule has 1 aliphatic carbocycles. The summed E-state index contributed by atoms with van der Waals surface area (Å²) in [5.41, 5.74) is 5.94. The topological polar surface area (TPSA) is 89.6 Å². The van der Waals surface area contributed by atoms with E-state index in [0.717, 1.165) is 24.8 Å². The predicted molar refractivity (Wildman–Crippen MR) is 113 cm³/mol. The fraction of sp³-hybridized carbons (Fsp3) is 0.381. The summed E-state index contributed by atoms with van der Waals surface area (Å²) in [6.45, 7) is -1.45. The van der Waals surface area contributed by atoms with Crippen molar-refractivity contribution in [2.45, 2.75) is 31.0 Å². The molecule has 1 aromatic heterocycles. The molecule has 0 saturated heterocycles. The van der Waals surface area contributed by atoms with Crippen LogP contribution in [0.1, 0.15) is 35.3 Å². The number of aromatic nitrogens is 1. The Morgan fingerprint density at radius 3 is 2.84 bits per heavy atom. The summed E-state index contributed by atoms with van der Waals surface area (Å²) in [5.74, 6) is -0.195. The predicted octanol–water partition coefficient (Wildman–Crippen LogP) is 4.47. The number of carbonyl (C=O) groups is 1. The second-order valence-electron chi connectivity index (χ2n) is 7.71. The van der Waals surface area contributed by atoms with Crippen LogP contribution in [0, 0.1) is 11.7 Å². The Balaban J connectivity index is 1.52. The molecule has 0 bridgehead atoms. The third-order valence-corrected chi connectivity index (χ3v) is 6.55. The van der Waals surface area contributed by atoms with E-state index in [0.29, 0.717) is 22.8 Å². The molecule has 1 saturated carbocycles. The number of pyridine rings is 1. The second kappa shape index (κ2) is 8.61. The summed E-state index contributed by atoms with van der Waals surface area (Å²) in [6, 6.07) is 6.76. The van der Waals surface area contributed by atoms with Crippen LogP contribution in [0.2, 0.25) is 0 Å². The first-order valence-corrected chi connectivity index (χ1v) is 10.9. The van der Waals surface area contributed by atoms with Crippen LogP contribution in [-0.2, 0) is 5.54 Å². The molecular formula is C21H20F4N4O2S. The van der Waals surface area contributed by atoms with E-state index in [1.807, 2.05) is 0 Å². The van der Waals surface area contributed by atoms with Crippen molar-refractivity contribution in [1.82, 2.24) is 4.98 Å². The summed E-state index contributed by atoms with van der Waals surface area (Å²) >= 11 is 1.47. The molecular weight excluding hydrogens is 448 g/mol. The number of nitrogens with one attached hydrogen (secondary N) is 1. The average Bonchev–Trinajstić information content (AvgIpc) is 3.17. The molecule has 1 aliphatic heterocycles. The fourth-order valence-corrected chi connectivity index (χ4v) is 5.20. The molecule has 0 unspecified atom stereocenters. The zero-order valence-electron chi connectivity index (χ0n) is 16.8. The van der Waals surface area contributed by atoms with Crippen LogP contribution in [0.25, 0.3) is 0 Å². The van der Waals surface area contributed by atoms with Crippen LogP contribution in [0.15, 0.2) is 41.5 Å². The highest BCUT2D eigenvalue weighted by Gasteiger charge is 2.48. The third kappa shape index (κ3) is 4.67. The van der Waals surface area contributed by atoms with Gasteiger partial charge in [0, 0.05) is 17.0 Å². The van der Waals surface area contributed by atoms with Crippen molar-refractivity contribution in [2.24, 2.45) is 16.6 Å². The number of ether oxygens (including phenoxy) is 1. The number of benzene rings is 1. The Morgan fingerprint density at radius 1 is 1.31 bits per heavy atom. The van der Waals surface area contributed by atoms with Gasteiger partial charge >= 0.3 is 6.18 Å². The molecule has 1 amide bonds. The summed E-state index contributed by atoms with van der Waals surface area (Å²) in [5, 5.41) is 3.08. The van der Waals surface area contributed by atoms with Crippen LogP contribution in [-0.4, -0.2) is 34.6 Å². The summed E-state index contributed by atoms with van der Waals surface area (Å²) in [4.78, 5) is 21.0. The fourth-order valence-electron chi connectivity index (χ4n) is 4.15. The van der Waals surface area contributed by atoms with Crippen molar-refractivity contribution < 1.29 is 27.1 Å². The number of thioether (sulfide) groups is 1. The standard InChI is InChI=1S/C21H20F4N4O2S/c22-16-5-3-13(8-15(16)20-7-1-2-12(20)10-32-19(26)29-20)28-18(30)17-6-4-14(9-27-17)31-11-21(23,24)25/h3-6,8-9,12H,1-2,7,10-11H2,(H2,26,29)(H,28,30)/t12-,20-/m0/s1. The Hall–Kier alpha value is -2.82. The first-order valence-electron chi connectivity index (χ1n) is 9.91. The maximum atomic E-state index is 14.8. The Labute approximate surface area is 185 Å². The van der Waals surface area contributed by atoms with E-state index < -0.39 is 30.0 Å². The molecule has 2 heterocycles. The van der Waals surface area contributed by atoms with Crippen LogP contribution in [0.4, 0.5) is 23.2 Å². The van der Waals surface area contributed by atoms with Crippen LogP contribution in [0.3, 0.4) is 0 Å². The lowest BCUT2D eigenvalue weighted by molar-refractivity contribution is -0.153. The van der Waals surface area contributed by atoms with Gasteiger partial charge < -0.3 is 15.8 Å². The molecule has 11 heteroatoms. The highest BCUT2D eigenvalue weighted by Crippen LogP contribution is 2.51. The molecule has 2 atom stereocenters. The van der Waals surface area contributed by atoms with Crippen molar-refractivity contribution in [2.75, 3.05) is 17.7 Å². The van der Waals surface area contributed by atoms with Gasteiger partial charge in [-0.25, -0.2) is 9.37 Å².